The third-order valence-electron chi connectivity index (χ3n) is 2.42. The molecule has 0 aliphatic rings. The molecule has 2 unspecified atom stereocenters. The van der Waals surface area contributed by atoms with E-state index in [0.29, 0.717) is 0 Å². The van der Waals surface area contributed by atoms with Crippen LogP contribution in [0, 0.1) is 11.8 Å². The van der Waals surface area contributed by atoms with Gasteiger partial charge in [-0.05, 0) is 26.7 Å². The summed E-state index contributed by atoms with van der Waals surface area (Å²) in [5, 5.41) is 0. The lowest BCUT2D eigenvalue weighted by molar-refractivity contribution is -0.122. The summed E-state index contributed by atoms with van der Waals surface area (Å²) in [6.45, 7) is 7.02. The largest absolute Gasteiger partial charge is 0.300 e. The highest BCUT2D eigenvalue weighted by Crippen LogP contribution is 2.13. The van der Waals surface area contributed by atoms with Crippen LogP contribution in [-0.4, -0.2) is 11.6 Å². The van der Waals surface area contributed by atoms with Crippen molar-refractivity contribution in [3.8, 4) is 0 Å². The van der Waals surface area contributed by atoms with Gasteiger partial charge in [0.2, 0.25) is 0 Å². The summed E-state index contributed by atoms with van der Waals surface area (Å²) in [5.74, 6) is 0.634. The molecule has 0 saturated carbocycles. The molecule has 12 heavy (non-hydrogen) atoms. The molecule has 0 spiro atoms. The monoisotopic (exact) mass is 170 g/mol. The third kappa shape index (κ3) is 4.27. The number of Topliss-reactive ketones (excluding diaryl/α,β-unsaturated/α-hetero) is 2. The van der Waals surface area contributed by atoms with Crippen LogP contribution in [0.4, 0.5) is 0 Å². The van der Waals surface area contributed by atoms with Crippen molar-refractivity contribution >= 4 is 11.6 Å². The fraction of sp³-hybridized carbons (Fsp3) is 0.800. The average molecular weight is 170 g/mol. The highest BCUT2D eigenvalue weighted by Gasteiger charge is 2.12. The first-order chi connectivity index (χ1) is 5.45. The van der Waals surface area contributed by atoms with Gasteiger partial charge in [0.05, 0.1) is 0 Å². The van der Waals surface area contributed by atoms with Gasteiger partial charge in [-0.25, -0.2) is 0 Å². The van der Waals surface area contributed by atoms with Crippen LogP contribution in [0.15, 0.2) is 0 Å². The average Bonchev–Trinajstić information content (AvgIpc) is 1.98. The van der Waals surface area contributed by atoms with Crippen LogP contribution in [0.25, 0.3) is 0 Å². The Hall–Kier alpha value is -0.660. The van der Waals surface area contributed by atoms with Crippen molar-refractivity contribution in [3.63, 3.8) is 0 Å². The molecule has 0 aromatic carbocycles. The lowest BCUT2D eigenvalue weighted by Crippen LogP contribution is -2.11. The van der Waals surface area contributed by atoms with Crippen LogP contribution in [-0.2, 0) is 9.59 Å². The van der Waals surface area contributed by atoms with Crippen LogP contribution in [0.2, 0.25) is 0 Å². The maximum Gasteiger partial charge on any atom is 0.132 e. The normalized spacial score (nSPS) is 15.3. The van der Waals surface area contributed by atoms with Crippen molar-refractivity contribution in [2.24, 2.45) is 11.8 Å². The molecule has 2 nitrogen and oxygen atoms in total. The van der Waals surface area contributed by atoms with E-state index in [9.17, 15) is 9.59 Å². The standard InChI is InChI=1S/C10H18O2/c1-7(9(3)11)5-6-8(2)10(4)12/h7-8H,5-6H2,1-4H3. The molecule has 0 amide bonds. The minimum Gasteiger partial charge on any atom is -0.300 e. The highest BCUT2D eigenvalue weighted by molar-refractivity contribution is 5.79. The van der Waals surface area contributed by atoms with E-state index in [1.807, 2.05) is 13.8 Å². The van der Waals surface area contributed by atoms with Gasteiger partial charge in [-0.1, -0.05) is 13.8 Å². The van der Waals surface area contributed by atoms with E-state index in [0.717, 1.165) is 12.8 Å². The van der Waals surface area contributed by atoms with Crippen molar-refractivity contribution < 1.29 is 9.59 Å². The van der Waals surface area contributed by atoms with Crippen LogP contribution in [0.3, 0.4) is 0 Å². The molecule has 0 fully saturated rings. The van der Waals surface area contributed by atoms with E-state index in [-0.39, 0.29) is 23.4 Å². The first-order valence-corrected chi connectivity index (χ1v) is 4.46. The summed E-state index contributed by atoms with van der Waals surface area (Å²) >= 11 is 0. The zero-order chi connectivity index (χ0) is 9.72. The molecular weight excluding hydrogens is 152 g/mol. The Kier molecular flexibility index (Phi) is 4.79. The minimum absolute atomic E-state index is 0.104. The minimum atomic E-state index is 0.104. The molecule has 2 atom stereocenters. The second-order valence-electron chi connectivity index (χ2n) is 3.60. The number of carbonyl (C=O) groups is 2. The van der Waals surface area contributed by atoms with Gasteiger partial charge < -0.3 is 0 Å². The van der Waals surface area contributed by atoms with E-state index in [4.69, 9.17) is 0 Å². The fourth-order valence-corrected chi connectivity index (χ4v) is 0.907. The number of ketones is 2. The summed E-state index contributed by atoms with van der Waals surface area (Å²) in [6.07, 6.45) is 1.66. The predicted molar refractivity (Wildman–Crippen MR) is 48.9 cm³/mol. The highest BCUT2D eigenvalue weighted by atomic mass is 16.1. The van der Waals surface area contributed by atoms with Crippen LogP contribution in [0.1, 0.15) is 40.5 Å². The summed E-state index contributed by atoms with van der Waals surface area (Å²) in [6, 6.07) is 0. The number of hydrogen-bond donors (Lipinski definition) is 0. The molecule has 0 aromatic rings. The summed E-state index contributed by atoms with van der Waals surface area (Å²) in [5.41, 5.74) is 0. The Balaban J connectivity index is 3.68. The number of carbonyl (C=O) groups excluding carboxylic acids is 2. The van der Waals surface area contributed by atoms with Crippen LogP contribution >= 0.6 is 0 Å². The smallest absolute Gasteiger partial charge is 0.132 e. The van der Waals surface area contributed by atoms with Gasteiger partial charge >= 0.3 is 0 Å². The molecule has 0 N–H and O–H groups in total. The van der Waals surface area contributed by atoms with Gasteiger partial charge in [0.25, 0.3) is 0 Å². The van der Waals surface area contributed by atoms with Gasteiger partial charge in [0.1, 0.15) is 11.6 Å². The number of hydrogen-bond acceptors (Lipinski definition) is 2. The lowest BCUT2D eigenvalue weighted by Gasteiger charge is -2.10. The van der Waals surface area contributed by atoms with Crippen molar-refractivity contribution in [2.75, 3.05) is 0 Å². The topological polar surface area (TPSA) is 34.1 Å². The Morgan fingerprint density at radius 2 is 1.17 bits per heavy atom. The molecule has 2 heteroatoms. The summed E-state index contributed by atoms with van der Waals surface area (Å²) in [4.78, 5) is 21.7. The molecule has 0 aliphatic heterocycles. The SMILES string of the molecule is CC(=O)C(C)CCC(C)C(C)=O. The second kappa shape index (κ2) is 5.07. The molecule has 0 aliphatic carbocycles. The Bertz CT molecular complexity index is 153. The Labute approximate surface area is 74.3 Å². The zero-order valence-corrected chi connectivity index (χ0v) is 8.39. The van der Waals surface area contributed by atoms with Gasteiger partial charge in [-0.2, -0.15) is 0 Å². The van der Waals surface area contributed by atoms with Crippen LogP contribution in [0.5, 0.6) is 0 Å². The lowest BCUT2D eigenvalue weighted by atomic mass is 9.94. The first-order valence-electron chi connectivity index (χ1n) is 4.46. The molecule has 0 aromatic heterocycles. The maximum atomic E-state index is 10.8. The van der Waals surface area contributed by atoms with Crippen molar-refractivity contribution in [1.29, 1.82) is 0 Å². The van der Waals surface area contributed by atoms with Crippen molar-refractivity contribution in [2.45, 2.75) is 40.5 Å². The molecule has 0 heterocycles. The van der Waals surface area contributed by atoms with Gasteiger partial charge in [0.15, 0.2) is 0 Å². The Morgan fingerprint density at radius 1 is 0.917 bits per heavy atom. The van der Waals surface area contributed by atoms with E-state index >= 15 is 0 Å². The summed E-state index contributed by atoms with van der Waals surface area (Å²) < 4.78 is 0. The molecule has 0 rings (SSSR count). The third-order valence-corrected chi connectivity index (χ3v) is 2.42. The van der Waals surface area contributed by atoms with Gasteiger partial charge in [-0.3, -0.25) is 9.59 Å². The zero-order valence-electron chi connectivity index (χ0n) is 8.39. The quantitative estimate of drug-likeness (QED) is 0.634. The molecule has 0 saturated heterocycles. The van der Waals surface area contributed by atoms with Gasteiger partial charge in [-0.15, -0.1) is 0 Å². The predicted octanol–water partition coefficient (Wildman–Crippen LogP) is 2.22. The van der Waals surface area contributed by atoms with Gasteiger partial charge in [0, 0.05) is 11.8 Å². The van der Waals surface area contributed by atoms with E-state index in [2.05, 4.69) is 0 Å². The van der Waals surface area contributed by atoms with E-state index in [1.54, 1.807) is 13.8 Å². The second-order valence-corrected chi connectivity index (χ2v) is 3.60. The number of rotatable bonds is 5. The van der Waals surface area contributed by atoms with Crippen LogP contribution < -0.4 is 0 Å². The molecule has 70 valence electrons. The molecular formula is C10H18O2. The van der Waals surface area contributed by atoms with Crippen molar-refractivity contribution in [3.05, 3.63) is 0 Å². The molecule has 0 radical (unpaired) electrons. The fourth-order valence-electron chi connectivity index (χ4n) is 0.907. The summed E-state index contributed by atoms with van der Waals surface area (Å²) in [7, 11) is 0. The first kappa shape index (κ1) is 11.3. The molecule has 0 bridgehead atoms. The Morgan fingerprint density at radius 3 is 1.33 bits per heavy atom. The van der Waals surface area contributed by atoms with E-state index in [1.165, 1.54) is 0 Å². The van der Waals surface area contributed by atoms with E-state index < -0.39 is 0 Å². The van der Waals surface area contributed by atoms with Crippen molar-refractivity contribution in [1.82, 2.24) is 0 Å². The maximum absolute atomic E-state index is 10.8.